The van der Waals surface area contributed by atoms with Crippen LogP contribution in [-0.2, 0) is 0 Å². The maximum absolute atomic E-state index is 12.8. The van der Waals surface area contributed by atoms with Gasteiger partial charge >= 0.3 is 0 Å². The number of hydrogen-bond donors (Lipinski definition) is 0. The molecule has 5 nitrogen and oxygen atoms in total. The fourth-order valence-corrected chi connectivity index (χ4v) is 3.49. The van der Waals surface area contributed by atoms with Gasteiger partial charge < -0.3 is 21.7 Å². The van der Waals surface area contributed by atoms with Gasteiger partial charge in [0.1, 0.15) is 0 Å². The number of aromatic nitrogens is 1. The molecule has 8 heteroatoms. The molecule has 0 aliphatic heterocycles. The van der Waals surface area contributed by atoms with E-state index in [4.69, 9.17) is 16.0 Å². The van der Waals surface area contributed by atoms with E-state index in [-0.39, 0.29) is 18.3 Å². The molecule has 0 unspecified atom stereocenters. The molecule has 0 aliphatic carbocycles. The summed E-state index contributed by atoms with van der Waals surface area (Å²) in [6, 6.07) is 10.9. The molecule has 0 aliphatic rings. The van der Waals surface area contributed by atoms with Crippen molar-refractivity contribution in [1.82, 2.24) is 9.88 Å². The van der Waals surface area contributed by atoms with Crippen molar-refractivity contribution in [2.24, 2.45) is 0 Å². The van der Waals surface area contributed by atoms with Crippen LogP contribution >= 0.6 is 22.9 Å². The summed E-state index contributed by atoms with van der Waals surface area (Å²) in [6.45, 7) is 1.46. The second-order valence-corrected chi connectivity index (χ2v) is 7.39. The third-order valence-corrected chi connectivity index (χ3v) is 4.94. The Morgan fingerprint density at radius 1 is 1.19 bits per heavy atom. The van der Waals surface area contributed by atoms with Gasteiger partial charge in [-0.2, -0.15) is 0 Å². The van der Waals surface area contributed by atoms with Crippen LogP contribution in [0.3, 0.4) is 0 Å². The van der Waals surface area contributed by atoms with Crippen LogP contribution in [0.25, 0.3) is 11.3 Å². The number of rotatable bonds is 7. The van der Waals surface area contributed by atoms with Crippen molar-refractivity contribution in [3.05, 3.63) is 58.8 Å². The van der Waals surface area contributed by atoms with E-state index in [1.54, 1.807) is 17.0 Å². The van der Waals surface area contributed by atoms with E-state index in [2.05, 4.69) is 9.88 Å². The second kappa shape index (κ2) is 9.90. The first kappa shape index (κ1) is 21.4. The number of nitrogens with zero attached hydrogens (tertiary/aromatic N) is 3. The van der Waals surface area contributed by atoms with E-state index in [0.717, 1.165) is 24.2 Å². The third-order valence-electron chi connectivity index (χ3n) is 3.83. The van der Waals surface area contributed by atoms with Crippen molar-refractivity contribution in [1.29, 1.82) is 0 Å². The topological polar surface area (TPSA) is 49.6 Å². The summed E-state index contributed by atoms with van der Waals surface area (Å²) in [6.07, 6.45) is 2.35. The van der Waals surface area contributed by atoms with Gasteiger partial charge in [-0.05, 0) is 51.3 Å². The monoisotopic (exact) mass is 424 g/mol. The van der Waals surface area contributed by atoms with Crippen molar-refractivity contribution in [3.8, 4) is 11.3 Å². The van der Waals surface area contributed by atoms with Gasteiger partial charge in [0.05, 0.1) is 12.0 Å². The molecule has 3 rings (SSSR count). The van der Waals surface area contributed by atoms with Gasteiger partial charge in [0, 0.05) is 22.5 Å². The van der Waals surface area contributed by atoms with E-state index >= 15 is 0 Å². The summed E-state index contributed by atoms with van der Waals surface area (Å²) in [5, 5.41) is 3.30. The molecule has 0 radical (unpaired) electrons. The minimum atomic E-state index is -0.175. The molecule has 0 atom stereocenters. The maximum atomic E-state index is 12.8. The largest absolute Gasteiger partial charge is 1.00 e. The number of thiazole rings is 1. The van der Waals surface area contributed by atoms with Crippen molar-refractivity contribution in [3.63, 3.8) is 0 Å². The van der Waals surface area contributed by atoms with Gasteiger partial charge in [0.25, 0.3) is 5.91 Å². The van der Waals surface area contributed by atoms with Gasteiger partial charge in [-0.1, -0.05) is 23.7 Å². The smallest absolute Gasteiger partial charge is 0.295 e. The van der Waals surface area contributed by atoms with Crippen LogP contribution in [0.5, 0.6) is 0 Å². The number of hydrogen-bond acceptors (Lipinski definition) is 5. The van der Waals surface area contributed by atoms with Crippen LogP contribution in [0.4, 0.5) is 5.13 Å². The fraction of sp³-hybridized carbons (Fsp3) is 0.263. The molecular formula is C19H20Cl2N3O2S-. The Morgan fingerprint density at radius 3 is 2.56 bits per heavy atom. The number of carbonyl (C=O) groups is 1. The van der Waals surface area contributed by atoms with Gasteiger partial charge in [-0.3, -0.25) is 9.69 Å². The predicted molar refractivity (Wildman–Crippen MR) is 106 cm³/mol. The molecule has 27 heavy (non-hydrogen) atoms. The minimum absolute atomic E-state index is 0. The van der Waals surface area contributed by atoms with E-state index in [1.165, 1.54) is 17.6 Å². The zero-order valence-corrected chi connectivity index (χ0v) is 17.4. The molecule has 0 fully saturated rings. The van der Waals surface area contributed by atoms with Crippen molar-refractivity contribution >= 4 is 34.0 Å². The van der Waals surface area contributed by atoms with E-state index in [0.29, 0.717) is 22.5 Å². The van der Waals surface area contributed by atoms with E-state index < -0.39 is 0 Å². The van der Waals surface area contributed by atoms with Crippen molar-refractivity contribution in [2.75, 3.05) is 32.1 Å². The molecule has 1 amide bonds. The lowest BCUT2D eigenvalue weighted by Crippen LogP contribution is -3.00. The lowest BCUT2D eigenvalue weighted by Gasteiger charge is -2.20. The van der Waals surface area contributed by atoms with Crippen LogP contribution in [0.15, 0.2) is 52.5 Å². The van der Waals surface area contributed by atoms with Gasteiger partial charge in [0.15, 0.2) is 10.9 Å². The Balaban J connectivity index is 0.00000261. The van der Waals surface area contributed by atoms with Crippen LogP contribution < -0.4 is 17.3 Å². The molecular weight excluding hydrogens is 405 g/mol. The third kappa shape index (κ3) is 5.56. The number of benzene rings is 1. The summed E-state index contributed by atoms with van der Waals surface area (Å²) in [5.74, 6) is 0.142. The van der Waals surface area contributed by atoms with E-state index in [1.807, 2.05) is 43.7 Å². The average molecular weight is 425 g/mol. The first-order chi connectivity index (χ1) is 12.5. The summed E-state index contributed by atoms with van der Waals surface area (Å²) < 4.78 is 5.29. The lowest BCUT2D eigenvalue weighted by molar-refractivity contribution is -0.0000129. The van der Waals surface area contributed by atoms with Crippen molar-refractivity contribution < 1.29 is 21.6 Å². The number of anilines is 1. The second-order valence-electron chi connectivity index (χ2n) is 6.11. The highest BCUT2D eigenvalue weighted by Crippen LogP contribution is 2.29. The summed E-state index contributed by atoms with van der Waals surface area (Å²) in [7, 11) is 4.03. The Bertz CT molecular complexity index is 848. The molecule has 0 bridgehead atoms. The number of carbonyl (C=O) groups excluding carboxylic acids is 1. The summed E-state index contributed by atoms with van der Waals surface area (Å²) in [4.78, 5) is 21.3. The number of amides is 1. The zero-order chi connectivity index (χ0) is 18.5. The van der Waals surface area contributed by atoms with Crippen LogP contribution in [0, 0.1) is 0 Å². The lowest BCUT2D eigenvalue weighted by atomic mass is 10.2. The Hall–Kier alpha value is -1.86. The molecule has 2 heterocycles. The Labute approximate surface area is 174 Å². The minimum Gasteiger partial charge on any atom is -1.00 e. The van der Waals surface area contributed by atoms with Crippen molar-refractivity contribution in [2.45, 2.75) is 6.42 Å². The molecule has 0 saturated carbocycles. The average Bonchev–Trinajstić information content (AvgIpc) is 3.30. The highest BCUT2D eigenvalue weighted by atomic mass is 35.5. The number of halogens is 2. The molecule has 144 valence electrons. The molecule has 0 saturated heterocycles. The highest BCUT2D eigenvalue weighted by Gasteiger charge is 2.22. The van der Waals surface area contributed by atoms with Gasteiger partial charge in [-0.25, -0.2) is 4.98 Å². The van der Waals surface area contributed by atoms with Crippen LogP contribution in [0.1, 0.15) is 17.0 Å². The van der Waals surface area contributed by atoms with Gasteiger partial charge in [0.2, 0.25) is 0 Å². The molecule has 0 N–H and O–H groups in total. The molecule has 1 aromatic carbocycles. The quantitative estimate of drug-likeness (QED) is 0.578. The highest BCUT2D eigenvalue weighted by molar-refractivity contribution is 7.14. The molecule has 3 aromatic rings. The van der Waals surface area contributed by atoms with Crippen LogP contribution in [0.2, 0.25) is 5.02 Å². The predicted octanol–water partition coefficient (Wildman–Crippen LogP) is 1.66. The first-order valence-corrected chi connectivity index (χ1v) is 9.52. The summed E-state index contributed by atoms with van der Waals surface area (Å²) >= 11 is 7.40. The van der Waals surface area contributed by atoms with E-state index in [9.17, 15) is 4.79 Å². The first-order valence-electron chi connectivity index (χ1n) is 8.26. The maximum Gasteiger partial charge on any atom is 0.295 e. The Kier molecular flexibility index (Phi) is 7.86. The standard InChI is InChI=1S/C19H20ClN3O2S.ClH/c1-22(2)10-4-11-23(18(24)17-5-3-12-25-17)19-21-16(13-26-19)14-6-8-15(20)9-7-14;/h3,5-9,12-13H,4,10-11H2,1-2H3;1H/p-1. The van der Waals surface area contributed by atoms with Gasteiger partial charge in [-0.15, -0.1) is 11.3 Å². The normalized spacial score (nSPS) is 10.7. The zero-order valence-electron chi connectivity index (χ0n) is 15.1. The summed E-state index contributed by atoms with van der Waals surface area (Å²) in [5.41, 5.74) is 1.79. The number of furan rings is 1. The SMILES string of the molecule is CN(C)CCCN(C(=O)c1ccco1)c1nc(-c2ccc(Cl)cc2)cs1.[Cl-]. The molecule has 0 spiro atoms. The molecule has 2 aromatic heterocycles. The van der Waals surface area contributed by atoms with Crippen LogP contribution in [-0.4, -0.2) is 43.0 Å². The fourth-order valence-electron chi connectivity index (χ4n) is 2.50. The Morgan fingerprint density at radius 2 is 1.93 bits per heavy atom.